The van der Waals surface area contributed by atoms with Gasteiger partial charge in [0.2, 0.25) is 0 Å². The first kappa shape index (κ1) is 15.7. The van der Waals surface area contributed by atoms with Crippen molar-refractivity contribution in [1.29, 1.82) is 0 Å². The van der Waals surface area contributed by atoms with E-state index in [0.29, 0.717) is 11.9 Å². The molecule has 3 heterocycles. The quantitative estimate of drug-likeness (QED) is 0.881. The van der Waals surface area contributed by atoms with Crippen LogP contribution in [0.1, 0.15) is 17.7 Å². The summed E-state index contributed by atoms with van der Waals surface area (Å²) in [5.74, 6) is 0.564. The maximum Gasteiger partial charge on any atom is 0.293 e. The lowest BCUT2D eigenvalue weighted by Gasteiger charge is -2.33. The molecule has 2 aromatic rings. The summed E-state index contributed by atoms with van der Waals surface area (Å²) in [6, 6.07) is 2.46. The third-order valence-electron chi connectivity index (χ3n) is 3.96. The fraction of sp³-hybridized carbons (Fsp3) is 0.467. The maximum atomic E-state index is 12.2. The van der Waals surface area contributed by atoms with E-state index in [1.807, 2.05) is 0 Å². The Balaban J connectivity index is 1.65. The third-order valence-corrected chi connectivity index (χ3v) is 5.89. The van der Waals surface area contributed by atoms with Crippen molar-refractivity contribution in [3.05, 3.63) is 43.5 Å². The lowest BCUT2D eigenvalue weighted by Crippen LogP contribution is -2.47. The normalized spacial score (nSPS) is 18.6. The van der Waals surface area contributed by atoms with E-state index < -0.39 is 0 Å². The molecule has 1 aliphatic rings. The molecule has 22 heavy (non-hydrogen) atoms. The van der Waals surface area contributed by atoms with Crippen molar-refractivity contribution in [2.45, 2.75) is 25.4 Å². The predicted molar refractivity (Wildman–Crippen MR) is 93.6 cm³/mol. The van der Waals surface area contributed by atoms with Gasteiger partial charge in [-0.1, -0.05) is 0 Å². The number of thiophene rings is 1. The molecule has 0 spiro atoms. The molecule has 0 radical (unpaired) electrons. The molecule has 118 valence electrons. The zero-order chi connectivity index (χ0) is 15.5. The molecule has 2 aromatic heterocycles. The summed E-state index contributed by atoms with van der Waals surface area (Å²) in [6.45, 7) is 2.58. The number of nitrogens with zero attached hydrogens (tertiary/aromatic N) is 3. The van der Waals surface area contributed by atoms with Crippen LogP contribution in [-0.2, 0) is 13.6 Å². The van der Waals surface area contributed by atoms with Crippen molar-refractivity contribution in [3.8, 4) is 0 Å². The number of anilines is 1. The van der Waals surface area contributed by atoms with E-state index in [2.05, 4.69) is 42.6 Å². The monoisotopic (exact) mass is 382 g/mol. The third kappa shape index (κ3) is 3.42. The molecule has 0 bridgehead atoms. The summed E-state index contributed by atoms with van der Waals surface area (Å²) in [4.78, 5) is 19.9. The SMILES string of the molecule is Cn1ccnc(N2CCC[C@@H](NCc3sccc3Br)C2)c1=O. The van der Waals surface area contributed by atoms with Gasteiger partial charge in [0.05, 0.1) is 0 Å². The molecule has 1 saturated heterocycles. The number of halogens is 1. The maximum absolute atomic E-state index is 12.2. The Hall–Kier alpha value is -1.18. The number of aromatic nitrogens is 2. The van der Waals surface area contributed by atoms with Crippen molar-refractivity contribution in [2.24, 2.45) is 7.05 Å². The highest BCUT2D eigenvalue weighted by Crippen LogP contribution is 2.23. The molecule has 0 aliphatic carbocycles. The van der Waals surface area contributed by atoms with Gasteiger partial charge in [0, 0.05) is 54.5 Å². The number of aryl methyl sites for hydroxylation is 1. The molecule has 3 rings (SSSR count). The van der Waals surface area contributed by atoms with Gasteiger partial charge < -0.3 is 14.8 Å². The predicted octanol–water partition coefficient (Wildman–Crippen LogP) is 2.36. The Morgan fingerprint density at radius 2 is 2.41 bits per heavy atom. The molecular formula is C15H19BrN4OS. The zero-order valence-electron chi connectivity index (χ0n) is 12.5. The van der Waals surface area contributed by atoms with Crippen LogP contribution < -0.4 is 15.8 Å². The first-order valence-electron chi connectivity index (χ1n) is 7.37. The smallest absolute Gasteiger partial charge is 0.293 e. The molecule has 7 heteroatoms. The minimum Gasteiger partial charge on any atom is -0.350 e. The van der Waals surface area contributed by atoms with Gasteiger partial charge in [-0.3, -0.25) is 4.79 Å². The van der Waals surface area contributed by atoms with Crippen LogP contribution in [0.15, 0.2) is 33.1 Å². The Morgan fingerprint density at radius 1 is 1.55 bits per heavy atom. The standard InChI is InChI=1S/C15H19BrN4OS/c1-19-7-5-17-14(15(19)21)20-6-2-3-11(10-20)18-9-13-12(16)4-8-22-13/h4-5,7-8,11,18H,2-3,6,9-10H2,1H3/t11-/m1/s1. The molecule has 0 amide bonds. The fourth-order valence-electron chi connectivity index (χ4n) is 2.73. The summed E-state index contributed by atoms with van der Waals surface area (Å²) < 4.78 is 2.75. The summed E-state index contributed by atoms with van der Waals surface area (Å²) in [7, 11) is 1.77. The Bertz CT molecular complexity index is 699. The second-order valence-electron chi connectivity index (χ2n) is 5.52. The summed E-state index contributed by atoms with van der Waals surface area (Å²) in [5.41, 5.74) is -0.0239. The van der Waals surface area contributed by atoms with Crippen molar-refractivity contribution >= 4 is 33.1 Å². The number of hydrogen-bond donors (Lipinski definition) is 1. The van der Waals surface area contributed by atoms with E-state index in [1.54, 1.807) is 35.3 Å². The lowest BCUT2D eigenvalue weighted by atomic mass is 10.1. The molecule has 0 saturated carbocycles. The highest BCUT2D eigenvalue weighted by Gasteiger charge is 2.22. The van der Waals surface area contributed by atoms with Gasteiger partial charge in [-0.2, -0.15) is 0 Å². The Kier molecular flexibility index (Phi) is 4.95. The van der Waals surface area contributed by atoms with Gasteiger partial charge in [0.25, 0.3) is 5.56 Å². The van der Waals surface area contributed by atoms with Gasteiger partial charge in [-0.25, -0.2) is 4.98 Å². The first-order valence-corrected chi connectivity index (χ1v) is 9.04. The zero-order valence-corrected chi connectivity index (χ0v) is 14.9. The van der Waals surface area contributed by atoms with Crippen molar-refractivity contribution < 1.29 is 0 Å². The molecule has 1 fully saturated rings. The molecule has 1 atom stereocenters. The second-order valence-corrected chi connectivity index (χ2v) is 7.38. The van der Waals surface area contributed by atoms with Crippen LogP contribution in [0.3, 0.4) is 0 Å². The lowest BCUT2D eigenvalue weighted by molar-refractivity contribution is 0.420. The van der Waals surface area contributed by atoms with Gasteiger partial charge in [0.15, 0.2) is 5.82 Å². The van der Waals surface area contributed by atoms with Gasteiger partial charge in [-0.15, -0.1) is 11.3 Å². The van der Waals surface area contributed by atoms with Crippen LogP contribution in [0.25, 0.3) is 0 Å². The molecule has 0 aromatic carbocycles. The first-order chi connectivity index (χ1) is 10.6. The van der Waals surface area contributed by atoms with Crippen LogP contribution in [0.4, 0.5) is 5.82 Å². The van der Waals surface area contributed by atoms with Gasteiger partial charge in [-0.05, 0) is 40.2 Å². The van der Waals surface area contributed by atoms with E-state index in [0.717, 1.165) is 36.9 Å². The summed E-state index contributed by atoms with van der Waals surface area (Å²) in [5, 5.41) is 5.69. The topological polar surface area (TPSA) is 50.2 Å². The Labute approximate surface area is 142 Å². The van der Waals surface area contributed by atoms with Crippen molar-refractivity contribution in [2.75, 3.05) is 18.0 Å². The van der Waals surface area contributed by atoms with Crippen LogP contribution in [0.5, 0.6) is 0 Å². The fourth-order valence-corrected chi connectivity index (χ4v) is 4.17. The van der Waals surface area contributed by atoms with Crippen molar-refractivity contribution in [1.82, 2.24) is 14.9 Å². The largest absolute Gasteiger partial charge is 0.350 e. The van der Waals surface area contributed by atoms with Crippen molar-refractivity contribution in [3.63, 3.8) is 0 Å². The van der Waals surface area contributed by atoms with Crippen LogP contribution >= 0.6 is 27.3 Å². The van der Waals surface area contributed by atoms with E-state index in [4.69, 9.17) is 0 Å². The van der Waals surface area contributed by atoms with Gasteiger partial charge in [0.1, 0.15) is 0 Å². The second kappa shape index (κ2) is 6.93. The number of rotatable bonds is 4. The minimum atomic E-state index is -0.0239. The average Bonchev–Trinajstić information content (AvgIpc) is 2.93. The molecular weight excluding hydrogens is 364 g/mol. The minimum absolute atomic E-state index is 0.0239. The Morgan fingerprint density at radius 3 is 3.18 bits per heavy atom. The number of nitrogens with one attached hydrogen (secondary N) is 1. The molecule has 1 aliphatic heterocycles. The summed E-state index contributed by atoms with van der Waals surface area (Å²) >= 11 is 5.31. The van der Waals surface area contributed by atoms with Crippen LogP contribution in [-0.4, -0.2) is 28.7 Å². The molecule has 1 N–H and O–H groups in total. The number of hydrogen-bond acceptors (Lipinski definition) is 5. The summed E-state index contributed by atoms with van der Waals surface area (Å²) in [6.07, 6.45) is 5.59. The number of piperidine rings is 1. The highest BCUT2D eigenvalue weighted by atomic mass is 79.9. The molecule has 5 nitrogen and oxygen atoms in total. The van der Waals surface area contributed by atoms with Gasteiger partial charge >= 0.3 is 0 Å². The van der Waals surface area contributed by atoms with Crippen LogP contribution in [0.2, 0.25) is 0 Å². The van der Waals surface area contributed by atoms with E-state index in [9.17, 15) is 4.79 Å². The van der Waals surface area contributed by atoms with Crippen LogP contribution in [0, 0.1) is 0 Å². The highest BCUT2D eigenvalue weighted by molar-refractivity contribution is 9.10. The van der Waals surface area contributed by atoms with E-state index >= 15 is 0 Å². The average molecular weight is 383 g/mol. The molecule has 0 unspecified atom stereocenters. The van der Waals surface area contributed by atoms with E-state index in [1.165, 1.54) is 4.88 Å². The van der Waals surface area contributed by atoms with E-state index in [-0.39, 0.29) is 5.56 Å².